The summed E-state index contributed by atoms with van der Waals surface area (Å²) in [6.07, 6.45) is 0.985. The minimum Gasteiger partial charge on any atom is -0.480 e. The molecule has 8 nitrogen and oxygen atoms in total. The van der Waals surface area contributed by atoms with E-state index in [0.717, 1.165) is 4.57 Å². The molecule has 0 radical (unpaired) electrons. The van der Waals surface area contributed by atoms with Crippen LogP contribution in [0.25, 0.3) is 16.5 Å². The lowest BCUT2D eigenvalue weighted by atomic mass is 9.97. The molecule has 1 amide bonds. The molecule has 4 rings (SSSR count). The van der Waals surface area contributed by atoms with Crippen LogP contribution in [0.4, 0.5) is 8.78 Å². The van der Waals surface area contributed by atoms with E-state index < -0.39 is 34.4 Å². The fraction of sp³-hybridized carbons (Fsp3) is 0.154. The predicted molar refractivity (Wildman–Crippen MR) is 145 cm³/mol. The van der Waals surface area contributed by atoms with E-state index in [0.29, 0.717) is 16.3 Å². The van der Waals surface area contributed by atoms with Gasteiger partial charge in [0.25, 0.3) is 5.56 Å². The molecule has 0 saturated heterocycles. The van der Waals surface area contributed by atoms with Gasteiger partial charge in [-0.05, 0) is 47.0 Å². The van der Waals surface area contributed by atoms with Crippen LogP contribution in [0.1, 0.15) is 5.56 Å². The Kier molecular flexibility index (Phi) is 8.15. The summed E-state index contributed by atoms with van der Waals surface area (Å²) >= 11 is 11.6. The highest BCUT2D eigenvalue weighted by molar-refractivity contribution is 8.01. The molecule has 0 saturated carbocycles. The fourth-order valence-electron chi connectivity index (χ4n) is 3.92. The van der Waals surface area contributed by atoms with E-state index in [1.807, 2.05) is 5.32 Å². The lowest BCUT2D eigenvalue weighted by Crippen LogP contribution is -2.48. The molecular formula is C26H19Cl2F2N3O5S. The van der Waals surface area contributed by atoms with Crippen molar-refractivity contribution in [3.8, 4) is 5.69 Å². The Hall–Kier alpha value is -3.67. The fourth-order valence-corrected chi connectivity index (χ4v) is 5.17. The quantitative estimate of drug-likeness (QED) is 0.291. The van der Waals surface area contributed by atoms with E-state index in [1.54, 1.807) is 36.4 Å². The summed E-state index contributed by atoms with van der Waals surface area (Å²) in [4.78, 5) is 49.5. The Morgan fingerprint density at radius 2 is 1.74 bits per heavy atom. The lowest BCUT2D eigenvalue weighted by molar-refractivity contribution is -0.145. The summed E-state index contributed by atoms with van der Waals surface area (Å²) in [5.41, 5.74) is -0.498. The van der Waals surface area contributed by atoms with E-state index >= 15 is 0 Å². The smallest absolute Gasteiger partial charge is 0.374 e. The van der Waals surface area contributed by atoms with Gasteiger partial charge in [-0.1, -0.05) is 53.5 Å². The van der Waals surface area contributed by atoms with Crippen LogP contribution in [-0.4, -0.2) is 37.4 Å². The third-order valence-electron chi connectivity index (χ3n) is 5.81. The zero-order chi connectivity index (χ0) is 28.5. The highest BCUT2D eigenvalue weighted by atomic mass is 35.5. The molecule has 39 heavy (non-hydrogen) atoms. The van der Waals surface area contributed by atoms with Gasteiger partial charge >= 0.3 is 22.8 Å². The van der Waals surface area contributed by atoms with Gasteiger partial charge in [0.1, 0.15) is 6.04 Å². The highest BCUT2D eigenvalue weighted by Gasteiger charge is 2.42. The molecule has 4 aromatic rings. The number of fused-ring (bicyclic) bond motifs is 1. The largest absolute Gasteiger partial charge is 0.480 e. The van der Waals surface area contributed by atoms with Crippen LogP contribution in [0.15, 0.2) is 81.3 Å². The van der Waals surface area contributed by atoms with Crippen molar-refractivity contribution in [1.82, 2.24) is 14.5 Å². The number of hydrogen-bond donors (Lipinski definition) is 2. The number of aliphatic carboxylic acids is 1. The Morgan fingerprint density at radius 3 is 2.44 bits per heavy atom. The van der Waals surface area contributed by atoms with Crippen LogP contribution >= 0.6 is 35.0 Å². The number of alkyl halides is 2. The van der Waals surface area contributed by atoms with Crippen LogP contribution < -0.4 is 16.6 Å². The first kappa shape index (κ1) is 28.3. The van der Waals surface area contributed by atoms with Crippen LogP contribution in [0, 0.1) is 0 Å². The van der Waals surface area contributed by atoms with Crippen LogP contribution in [0.5, 0.6) is 0 Å². The van der Waals surface area contributed by atoms with E-state index in [1.165, 1.54) is 42.1 Å². The maximum atomic E-state index is 14.8. The molecule has 0 spiro atoms. The molecule has 0 aliphatic rings. The lowest BCUT2D eigenvalue weighted by Gasteiger charge is -2.21. The average Bonchev–Trinajstić information content (AvgIpc) is 2.88. The molecule has 3 aromatic carbocycles. The molecular weight excluding hydrogens is 575 g/mol. The average molecular weight is 594 g/mol. The standard InChI is InChI=1S/C26H19Cl2F2N3O5S/c1-32-11-10-22(34)33(25(32)38)20-7-3-5-16-14(4-2-6-17(16)20)12-19(23(35)36)31-24(37)26(29,30)39-21-9-8-15(27)13-18(21)28/h2-11,13,19H,12H2,1H3,(H,31,37)(H,35,36)/t19-/m0/s1. The van der Waals surface area contributed by atoms with Gasteiger partial charge in [-0.15, -0.1) is 0 Å². The highest BCUT2D eigenvalue weighted by Crippen LogP contribution is 2.40. The minimum absolute atomic E-state index is 0.0892. The van der Waals surface area contributed by atoms with Crippen molar-refractivity contribution in [2.24, 2.45) is 7.05 Å². The second kappa shape index (κ2) is 11.2. The van der Waals surface area contributed by atoms with Crippen LogP contribution in [-0.2, 0) is 23.1 Å². The van der Waals surface area contributed by atoms with E-state index in [2.05, 4.69) is 0 Å². The van der Waals surface area contributed by atoms with Gasteiger partial charge in [-0.3, -0.25) is 9.59 Å². The zero-order valence-corrected chi connectivity index (χ0v) is 22.4. The molecule has 0 fully saturated rings. The van der Waals surface area contributed by atoms with Crippen molar-refractivity contribution < 1.29 is 23.5 Å². The summed E-state index contributed by atoms with van der Waals surface area (Å²) in [6, 6.07) is 12.9. The zero-order valence-electron chi connectivity index (χ0n) is 20.0. The number of aromatic nitrogens is 2. The topological polar surface area (TPSA) is 110 Å². The first-order valence-electron chi connectivity index (χ1n) is 11.2. The van der Waals surface area contributed by atoms with Crippen molar-refractivity contribution in [3.63, 3.8) is 0 Å². The molecule has 202 valence electrons. The van der Waals surface area contributed by atoms with Crippen molar-refractivity contribution in [1.29, 1.82) is 0 Å². The SMILES string of the molecule is Cn1ccc(=O)n(-c2cccc3c(C[C@H](NC(=O)C(F)(F)Sc4ccc(Cl)cc4Cl)C(=O)O)cccc23)c1=O. The minimum atomic E-state index is -4.05. The summed E-state index contributed by atoms with van der Waals surface area (Å²) in [5.74, 6) is -3.35. The van der Waals surface area contributed by atoms with Crippen molar-refractivity contribution >= 4 is 57.6 Å². The number of carbonyl (C=O) groups excluding carboxylic acids is 1. The molecule has 0 bridgehead atoms. The van der Waals surface area contributed by atoms with Gasteiger partial charge in [0, 0.05) is 41.0 Å². The number of carboxylic acid groups (broad SMARTS) is 1. The van der Waals surface area contributed by atoms with E-state index in [4.69, 9.17) is 23.2 Å². The molecule has 1 aromatic heterocycles. The second-order valence-electron chi connectivity index (χ2n) is 8.43. The second-order valence-corrected chi connectivity index (χ2v) is 10.4. The van der Waals surface area contributed by atoms with Gasteiger partial charge < -0.3 is 15.0 Å². The molecule has 0 unspecified atom stereocenters. The van der Waals surface area contributed by atoms with E-state index in [9.17, 15) is 33.1 Å². The van der Waals surface area contributed by atoms with Crippen molar-refractivity contribution in [2.45, 2.75) is 22.6 Å². The Morgan fingerprint density at radius 1 is 1.05 bits per heavy atom. The molecule has 0 aliphatic heterocycles. The maximum absolute atomic E-state index is 14.8. The van der Waals surface area contributed by atoms with Gasteiger partial charge in [-0.25, -0.2) is 14.2 Å². The number of nitrogens with one attached hydrogen (secondary N) is 1. The first-order chi connectivity index (χ1) is 18.4. The third kappa shape index (κ3) is 6.00. The summed E-state index contributed by atoms with van der Waals surface area (Å²) in [6.45, 7) is 0. The predicted octanol–water partition coefficient (Wildman–Crippen LogP) is 4.49. The summed E-state index contributed by atoms with van der Waals surface area (Å²) in [5, 5.41) is 8.65. The summed E-state index contributed by atoms with van der Waals surface area (Å²) in [7, 11) is 1.49. The number of thioether (sulfide) groups is 1. The number of hydrogen-bond acceptors (Lipinski definition) is 5. The van der Waals surface area contributed by atoms with Gasteiger partial charge in [0.2, 0.25) is 0 Å². The molecule has 2 N–H and O–H groups in total. The number of benzene rings is 3. The summed E-state index contributed by atoms with van der Waals surface area (Å²) < 4.78 is 31.7. The number of carboxylic acids is 1. The molecule has 1 heterocycles. The Bertz CT molecular complexity index is 1720. The van der Waals surface area contributed by atoms with Crippen LogP contribution in [0.2, 0.25) is 10.0 Å². The normalized spacial score (nSPS) is 12.3. The van der Waals surface area contributed by atoms with Gasteiger partial charge in [0.15, 0.2) is 0 Å². The van der Waals surface area contributed by atoms with Crippen molar-refractivity contribution in [3.05, 3.63) is 103 Å². The maximum Gasteiger partial charge on any atom is 0.374 e. The van der Waals surface area contributed by atoms with Gasteiger partial charge in [0.05, 0.1) is 10.7 Å². The third-order valence-corrected chi connectivity index (χ3v) is 7.49. The molecule has 0 aliphatic carbocycles. The molecule has 1 atom stereocenters. The van der Waals surface area contributed by atoms with E-state index in [-0.39, 0.29) is 38.8 Å². The number of rotatable bonds is 8. The van der Waals surface area contributed by atoms with Gasteiger partial charge in [-0.2, -0.15) is 8.78 Å². The van der Waals surface area contributed by atoms with Crippen molar-refractivity contribution in [2.75, 3.05) is 0 Å². The number of amides is 1. The Balaban J connectivity index is 1.65. The first-order valence-corrected chi connectivity index (χ1v) is 12.8. The number of carbonyl (C=O) groups is 2. The number of halogens is 4. The monoisotopic (exact) mass is 593 g/mol. The number of nitrogens with zero attached hydrogens (tertiary/aromatic N) is 2. The van der Waals surface area contributed by atoms with Crippen LogP contribution in [0.3, 0.4) is 0 Å². The molecule has 13 heteroatoms. The Labute approximate surface area is 233 Å². The number of aryl methyl sites for hydroxylation is 1.